The van der Waals surface area contributed by atoms with E-state index in [4.69, 9.17) is 16.7 Å². The van der Waals surface area contributed by atoms with Crippen molar-refractivity contribution in [1.29, 1.82) is 0 Å². The second kappa shape index (κ2) is 3.29. The normalized spacial score (nSPS) is 10.7. The van der Waals surface area contributed by atoms with E-state index in [0.29, 0.717) is 5.15 Å². The number of carboxylic acid groups (broad SMARTS) is 1. The van der Waals surface area contributed by atoms with E-state index in [1.165, 1.54) is 6.20 Å². The van der Waals surface area contributed by atoms with E-state index in [2.05, 4.69) is 15.9 Å². The third kappa shape index (κ3) is 1.40. The molecule has 0 radical (unpaired) electrons. The Morgan fingerprint density at radius 2 is 2.21 bits per heavy atom. The van der Waals surface area contributed by atoms with Crippen molar-refractivity contribution < 1.29 is 9.90 Å². The molecular formula is C9H5BrClNO2. The number of carboxylic acids is 1. The van der Waals surface area contributed by atoms with E-state index in [1.54, 1.807) is 22.6 Å². The molecule has 0 aliphatic heterocycles. The summed E-state index contributed by atoms with van der Waals surface area (Å²) in [6.45, 7) is 0. The van der Waals surface area contributed by atoms with Crippen LogP contribution in [0.25, 0.3) is 5.52 Å². The van der Waals surface area contributed by atoms with E-state index in [9.17, 15) is 4.79 Å². The zero-order valence-electron chi connectivity index (χ0n) is 6.87. The first-order chi connectivity index (χ1) is 6.59. The molecule has 0 unspecified atom stereocenters. The molecule has 1 N–H and O–H groups in total. The second-order valence-electron chi connectivity index (χ2n) is 2.80. The number of carbonyl (C=O) groups is 1. The summed E-state index contributed by atoms with van der Waals surface area (Å²) >= 11 is 9.23. The van der Waals surface area contributed by atoms with Crippen molar-refractivity contribution in [2.24, 2.45) is 0 Å². The number of aromatic carboxylic acids is 1. The summed E-state index contributed by atoms with van der Waals surface area (Å²) in [6.07, 6.45) is 1.49. The molecule has 5 heteroatoms. The van der Waals surface area contributed by atoms with Crippen molar-refractivity contribution in [3.05, 3.63) is 39.6 Å². The molecule has 72 valence electrons. The third-order valence-electron chi connectivity index (χ3n) is 1.91. The van der Waals surface area contributed by atoms with Crippen LogP contribution in [-0.2, 0) is 0 Å². The summed E-state index contributed by atoms with van der Waals surface area (Å²) in [5.74, 6) is -0.958. The SMILES string of the molecule is O=C(O)c1cc2ccc(Br)c(Cl)n2c1. The highest BCUT2D eigenvalue weighted by atomic mass is 79.9. The van der Waals surface area contributed by atoms with Gasteiger partial charge in [0.05, 0.1) is 10.0 Å². The summed E-state index contributed by atoms with van der Waals surface area (Å²) in [6, 6.07) is 5.15. The predicted molar refractivity (Wildman–Crippen MR) is 57.1 cm³/mol. The minimum atomic E-state index is -0.958. The van der Waals surface area contributed by atoms with Crippen LogP contribution in [0.1, 0.15) is 10.4 Å². The lowest BCUT2D eigenvalue weighted by molar-refractivity contribution is 0.0697. The molecule has 3 nitrogen and oxygen atoms in total. The zero-order chi connectivity index (χ0) is 10.3. The molecule has 0 aromatic carbocycles. The van der Waals surface area contributed by atoms with Gasteiger partial charge in [0, 0.05) is 11.7 Å². The molecule has 0 spiro atoms. The maximum atomic E-state index is 10.7. The Hall–Kier alpha value is -1.00. The van der Waals surface area contributed by atoms with Crippen molar-refractivity contribution >= 4 is 39.0 Å². The zero-order valence-corrected chi connectivity index (χ0v) is 9.21. The first-order valence-electron chi connectivity index (χ1n) is 3.79. The molecule has 0 atom stereocenters. The summed E-state index contributed by atoms with van der Waals surface area (Å²) in [5, 5.41) is 9.25. The minimum Gasteiger partial charge on any atom is -0.478 e. The Morgan fingerprint density at radius 3 is 2.86 bits per heavy atom. The quantitative estimate of drug-likeness (QED) is 0.812. The van der Waals surface area contributed by atoms with Gasteiger partial charge in [-0.2, -0.15) is 0 Å². The van der Waals surface area contributed by atoms with Crippen molar-refractivity contribution in [2.75, 3.05) is 0 Å². The first kappa shape index (κ1) is 9.55. The Morgan fingerprint density at radius 1 is 1.50 bits per heavy atom. The fraction of sp³-hybridized carbons (Fsp3) is 0. The number of hydrogen-bond donors (Lipinski definition) is 1. The lowest BCUT2D eigenvalue weighted by Crippen LogP contribution is -1.92. The highest BCUT2D eigenvalue weighted by Crippen LogP contribution is 2.25. The highest BCUT2D eigenvalue weighted by molar-refractivity contribution is 9.10. The number of aromatic nitrogens is 1. The molecule has 0 amide bonds. The molecule has 0 aliphatic rings. The maximum absolute atomic E-state index is 10.7. The standard InChI is InChI=1S/C9H5BrClNO2/c10-7-2-1-6-3-5(9(13)14)4-12(6)8(7)11/h1-4H,(H,13,14). The van der Waals surface area contributed by atoms with Crippen LogP contribution in [0, 0.1) is 0 Å². The summed E-state index contributed by atoms with van der Waals surface area (Å²) in [4.78, 5) is 10.7. The summed E-state index contributed by atoms with van der Waals surface area (Å²) < 4.78 is 2.36. The molecule has 0 aliphatic carbocycles. The van der Waals surface area contributed by atoms with Crippen LogP contribution in [0.3, 0.4) is 0 Å². The smallest absolute Gasteiger partial charge is 0.337 e. The van der Waals surface area contributed by atoms with Gasteiger partial charge in [0.1, 0.15) is 5.15 Å². The van der Waals surface area contributed by atoms with Gasteiger partial charge in [0.15, 0.2) is 0 Å². The number of nitrogens with zero attached hydrogens (tertiary/aromatic N) is 1. The van der Waals surface area contributed by atoms with Crippen molar-refractivity contribution in [3.63, 3.8) is 0 Å². The molecule has 0 saturated carbocycles. The number of halogens is 2. The van der Waals surface area contributed by atoms with Crippen LogP contribution < -0.4 is 0 Å². The maximum Gasteiger partial charge on any atom is 0.337 e. The van der Waals surface area contributed by atoms with Gasteiger partial charge >= 0.3 is 5.97 Å². The fourth-order valence-electron chi connectivity index (χ4n) is 1.24. The van der Waals surface area contributed by atoms with E-state index in [0.717, 1.165) is 9.99 Å². The van der Waals surface area contributed by atoms with Gasteiger partial charge in [-0.15, -0.1) is 0 Å². The van der Waals surface area contributed by atoms with E-state index >= 15 is 0 Å². The molecule has 2 rings (SSSR count). The summed E-state index contributed by atoms with van der Waals surface area (Å²) in [7, 11) is 0. The van der Waals surface area contributed by atoms with Crippen LogP contribution >= 0.6 is 27.5 Å². The van der Waals surface area contributed by atoms with Crippen LogP contribution in [0.5, 0.6) is 0 Å². The van der Waals surface area contributed by atoms with Gasteiger partial charge in [-0.1, -0.05) is 11.6 Å². The fourth-order valence-corrected chi connectivity index (χ4v) is 1.77. The Bertz CT molecular complexity index is 521. The predicted octanol–water partition coefficient (Wildman–Crippen LogP) is 3.05. The van der Waals surface area contributed by atoms with Crippen LogP contribution in [-0.4, -0.2) is 15.5 Å². The van der Waals surface area contributed by atoms with Gasteiger partial charge in [-0.05, 0) is 34.1 Å². The first-order valence-corrected chi connectivity index (χ1v) is 4.96. The molecule has 2 aromatic rings. The molecule has 2 aromatic heterocycles. The summed E-state index contributed by atoms with van der Waals surface area (Å²) in [5.41, 5.74) is 0.987. The molecular weight excluding hydrogens is 269 g/mol. The molecule has 0 saturated heterocycles. The topological polar surface area (TPSA) is 41.7 Å². The molecule has 2 heterocycles. The van der Waals surface area contributed by atoms with Gasteiger partial charge < -0.3 is 9.51 Å². The van der Waals surface area contributed by atoms with Gasteiger partial charge in [0.25, 0.3) is 0 Å². The van der Waals surface area contributed by atoms with Crippen LogP contribution in [0.4, 0.5) is 0 Å². The third-order valence-corrected chi connectivity index (χ3v) is 3.16. The van der Waals surface area contributed by atoms with E-state index in [-0.39, 0.29) is 5.56 Å². The molecule has 0 fully saturated rings. The highest BCUT2D eigenvalue weighted by Gasteiger charge is 2.09. The van der Waals surface area contributed by atoms with Crippen molar-refractivity contribution in [1.82, 2.24) is 4.40 Å². The number of rotatable bonds is 1. The molecule has 0 bridgehead atoms. The number of fused-ring (bicyclic) bond motifs is 1. The number of pyridine rings is 1. The second-order valence-corrected chi connectivity index (χ2v) is 4.01. The van der Waals surface area contributed by atoms with Crippen molar-refractivity contribution in [2.45, 2.75) is 0 Å². The lowest BCUT2D eigenvalue weighted by Gasteiger charge is -1.99. The van der Waals surface area contributed by atoms with E-state index in [1.807, 2.05) is 0 Å². The Balaban J connectivity index is 2.77. The van der Waals surface area contributed by atoms with E-state index < -0.39 is 5.97 Å². The molecule has 14 heavy (non-hydrogen) atoms. The van der Waals surface area contributed by atoms with Crippen LogP contribution in [0.15, 0.2) is 28.9 Å². The van der Waals surface area contributed by atoms with Crippen molar-refractivity contribution in [3.8, 4) is 0 Å². The van der Waals surface area contributed by atoms with Crippen LogP contribution in [0.2, 0.25) is 5.15 Å². The lowest BCUT2D eigenvalue weighted by atomic mass is 10.3. The number of hydrogen-bond acceptors (Lipinski definition) is 1. The monoisotopic (exact) mass is 273 g/mol. The Labute approximate surface area is 93.0 Å². The average molecular weight is 275 g/mol. The van der Waals surface area contributed by atoms with Gasteiger partial charge in [0.2, 0.25) is 0 Å². The minimum absolute atomic E-state index is 0.227. The Kier molecular flexibility index (Phi) is 2.25. The van der Waals surface area contributed by atoms with Gasteiger partial charge in [-0.25, -0.2) is 4.79 Å². The largest absolute Gasteiger partial charge is 0.478 e. The van der Waals surface area contributed by atoms with Gasteiger partial charge in [-0.3, -0.25) is 0 Å². The average Bonchev–Trinajstić information content (AvgIpc) is 2.56.